The molecule has 0 aliphatic rings. The molecule has 0 spiro atoms. The molecule has 0 fully saturated rings. The maximum atomic E-state index is 9.48. The fraction of sp³-hybridized carbons (Fsp3) is 1.00. The summed E-state index contributed by atoms with van der Waals surface area (Å²) in [7, 11) is 0. The average molecular weight is 226 g/mol. The van der Waals surface area contributed by atoms with Crippen LogP contribution in [0.3, 0.4) is 0 Å². The first-order valence-electron chi connectivity index (χ1n) is 1.21. The van der Waals surface area contributed by atoms with Crippen LogP contribution >= 0.6 is 0 Å². The SMILES string of the molecule is C[CH2][Ta]=[O]. The molecule has 0 bridgehead atoms. The minimum atomic E-state index is -1.09. The van der Waals surface area contributed by atoms with E-state index in [9.17, 15) is 3.25 Å². The van der Waals surface area contributed by atoms with E-state index in [0.29, 0.717) is 0 Å². The van der Waals surface area contributed by atoms with Gasteiger partial charge in [-0.15, -0.1) is 0 Å². The molecule has 0 aliphatic heterocycles. The van der Waals surface area contributed by atoms with Crippen LogP contribution in [-0.4, -0.2) is 0 Å². The predicted molar refractivity (Wildman–Crippen MR) is 11.2 cm³/mol. The van der Waals surface area contributed by atoms with E-state index < -0.39 is 19.7 Å². The first-order chi connectivity index (χ1) is 1.91. The Hall–Kier alpha value is 0.540. The monoisotopic (exact) mass is 226 g/mol. The Morgan fingerprint density at radius 3 is 2.25 bits per heavy atom. The maximum absolute atomic E-state index is 9.48. The van der Waals surface area contributed by atoms with Crippen LogP contribution in [0.25, 0.3) is 0 Å². The summed E-state index contributed by atoms with van der Waals surface area (Å²) in [5, 5.41) is 0. The molecule has 0 radical (unpaired) electrons. The molecule has 1 nitrogen and oxygen atoms in total. The van der Waals surface area contributed by atoms with Crippen molar-refractivity contribution in [2.75, 3.05) is 0 Å². The second-order valence-corrected chi connectivity index (χ2v) is 3.65. The normalized spacial score (nSPS) is 6.25. The zero-order chi connectivity index (χ0) is 3.41. The minimum absolute atomic E-state index is 0.944. The van der Waals surface area contributed by atoms with Gasteiger partial charge in [0, 0.05) is 0 Å². The Morgan fingerprint density at radius 1 is 2.00 bits per heavy atom. The summed E-state index contributed by atoms with van der Waals surface area (Å²) in [5.41, 5.74) is 0. The third-order valence-corrected chi connectivity index (χ3v) is 1.06. The molecule has 24 valence electrons. The second kappa shape index (κ2) is 3.54. The van der Waals surface area contributed by atoms with Crippen molar-refractivity contribution in [2.24, 2.45) is 0 Å². The third kappa shape index (κ3) is 2.54. The molecule has 0 saturated heterocycles. The van der Waals surface area contributed by atoms with E-state index in [-0.39, 0.29) is 0 Å². The van der Waals surface area contributed by atoms with Gasteiger partial charge in [-0.05, 0) is 0 Å². The van der Waals surface area contributed by atoms with Crippen molar-refractivity contribution < 1.29 is 23.0 Å². The summed E-state index contributed by atoms with van der Waals surface area (Å²) in [6, 6.07) is 0. The van der Waals surface area contributed by atoms with Gasteiger partial charge < -0.3 is 0 Å². The fourth-order valence-corrected chi connectivity index (χ4v) is 0. The van der Waals surface area contributed by atoms with Crippen LogP contribution in [0, 0.1) is 0 Å². The molecule has 0 unspecified atom stereocenters. The molecule has 0 amide bonds. The van der Waals surface area contributed by atoms with Gasteiger partial charge in [0.15, 0.2) is 0 Å². The van der Waals surface area contributed by atoms with Crippen molar-refractivity contribution in [1.29, 1.82) is 0 Å². The second-order valence-electron chi connectivity index (χ2n) is 0.445. The van der Waals surface area contributed by atoms with E-state index in [1.165, 1.54) is 0 Å². The van der Waals surface area contributed by atoms with Crippen molar-refractivity contribution in [3.63, 3.8) is 0 Å². The van der Waals surface area contributed by atoms with Crippen molar-refractivity contribution in [3.05, 3.63) is 0 Å². The van der Waals surface area contributed by atoms with Crippen LogP contribution in [-0.2, 0) is 23.0 Å². The predicted octanol–water partition coefficient (Wildman–Crippen LogP) is 0.853. The van der Waals surface area contributed by atoms with Crippen LogP contribution in [0.15, 0.2) is 0 Å². The van der Waals surface area contributed by atoms with Crippen LogP contribution in [0.4, 0.5) is 0 Å². The molecule has 0 aromatic carbocycles. The summed E-state index contributed by atoms with van der Waals surface area (Å²) in [5.74, 6) is 0. The quantitative estimate of drug-likeness (QED) is 0.647. The Kier molecular flexibility index (Phi) is 4.02. The molecular formula is C2H5OTa. The third-order valence-electron chi connectivity index (χ3n) is 0.129. The van der Waals surface area contributed by atoms with Gasteiger partial charge in [-0.2, -0.15) is 0 Å². The Balaban J connectivity index is 2.30. The molecule has 0 saturated carbocycles. The standard InChI is InChI=1S/C2H5.O.Ta/c1-2;;/h1H2,2H3;;. The van der Waals surface area contributed by atoms with Gasteiger partial charge in [-0.3, -0.25) is 0 Å². The average Bonchev–Trinajstić information content (AvgIpc) is 1.37. The number of hydrogen-bond donors (Lipinski definition) is 0. The molecular weight excluding hydrogens is 221 g/mol. The van der Waals surface area contributed by atoms with Gasteiger partial charge in [-0.1, -0.05) is 0 Å². The van der Waals surface area contributed by atoms with Crippen molar-refractivity contribution >= 4 is 0 Å². The zero-order valence-corrected chi connectivity index (χ0v) is 5.78. The molecule has 0 N–H and O–H groups in total. The van der Waals surface area contributed by atoms with Crippen molar-refractivity contribution in [1.82, 2.24) is 0 Å². The van der Waals surface area contributed by atoms with E-state index in [4.69, 9.17) is 0 Å². The van der Waals surface area contributed by atoms with E-state index >= 15 is 0 Å². The molecule has 0 aromatic rings. The topological polar surface area (TPSA) is 17.1 Å². The molecule has 2 heteroatoms. The summed E-state index contributed by atoms with van der Waals surface area (Å²) in [4.78, 5) is 0. The van der Waals surface area contributed by atoms with Gasteiger partial charge in [0.2, 0.25) is 0 Å². The van der Waals surface area contributed by atoms with Crippen LogP contribution in [0.1, 0.15) is 6.92 Å². The van der Waals surface area contributed by atoms with Crippen molar-refractivity contribution in [2.45, 2.75) is 11.6 Å². The summed E-state index contributed by atoms with van der Waals surface area (Å²) >= 11 is -1.09. The van der Waals surface area contributed by atoms with Crippen LogP contribution in [0.5, 0.6) is 0 Å². The first-order valence-corrected chi connectivity index (χ1v) is 4.79. The van der Waals surface area contributed by atoms with E-state index in [1.807, 2.05) is 6.92 Å². The van der Waals surface area contributed by atoms with Crippen LogP contribution in [0.2, 0.25) is 4.64 Å². The molecule has 0 heterocycles. The van der Waals surface area contributed by atoms with Gasteiger partial charge >= 0.3 is 34.5 Å². The van der Waals surface area contributed by atoms with Crippen LogP contribution < -0.4 is 0 Å². The van der Waals surface area contributed by atoms with E-state index in [0.717, 1.165) is 4.64 Å². The zero-order valence-electron chi connectivity index (χ0n) is 2.56. The fourth-order valence-electron chi connectivity index (χ4n) is 0. The molecule has 0 aromatic heterocycles. The summed E-state index contributed by atoms with van der Waals surface area (Å²) < 4.78 is 10.4. The molecule has 0 rings (SSSR count). The number of hydrogen-bond acceptors (Lipinski definition) is 1. The van der Waals surface area contributed by atoms with Gasteiger partial charge in [0.25, 0.3) is 0 Å². The Labute approximate surface area is 35.1 Å². The summed E-state index contributed by atoms with van der Waals surface area (Å²) in [6.45, 7) is 1.95. The number of rotatable bonds is 1. The first kappa shape index (κ1) is 4.54. The molecule has 0 atom stereocenters. The summed E-state index contributed by atoms with van der Waals surface area (Å²) in [6.07, 6.45) is 0. The van der Waals surface area contributed by atoms with E-state index in [1.54, 1.807) is 0 Å². The molecule has 4 heavy (non-hydrogen) atoms. The van der Waals surface area contributed by atoms with E-state index in [2.05, 4.69) is 0 Å². The Morgan fingerprint density at radius 2 is 2.25 bits per heavy atom. The van der Waals surface area contributed by atoms with Crippen molar-refractivity contribution in [3.8, 4) is 0 Å². The molecule has 0 aliphatic carbocycles. The van der Waals surface area contributed by atoms with Gasteiger partial charge in [-0.25, -0.2) is 0 Å². The van der Waals surface area contributed by atoms with Gasteiger partial charge in [0.05, 0.1) is 0 Å². The van der Waals surface area contributed by atoms with Gasteiger partial charge in [0.1, 0.15) is 0 Å². The Bertz CT molecular complexity index is 20.0.